The van der Waals surface area contributed by atoms with Gasteiger partial charge < -0.3 is 18.9 Å². The molecular formula is C54H54O4. The highest BCUT2D eigenvalue weighted by atomic mass is 16.5. The Morgan fingerprint density at radius 1 is 0.345 bits per heavy atom. The Balaban J connectivity index is 1.46. The van der Waals surface area contributed by atoms with E-state index in [1.54, 1.807) is 0 Å². The first-order chi connectivity index (χ1) is 28.6. The zero-order valence-corrected chi connectivity index (χ0v) is 34.5. The fraction of sp³-hybridized carbons (Fsp3) is 0.296. The van der Waals surface area contributed by atoms with E-state index in [1.165, 1.54) is 10.8 Å². The maximum Gasteiger partial charge on any atom is 0.136 e. The fourth-order valence-electron chi connectivity index (χ4n) is 6.38. The average molecular weight is 767 g/mol. The van der Waals surface area contributed by atoms with Crippen molar-refractivity contribution in [3.63, 3.8) is 0 Å². The van der Waals surface area contributed by atoms with E-state index >= 15 is 0 Å². The topological polar surface area (TPSA) is 36.9 Å². The van der Waals surface area contributed by atoms with Gasteiger partial charge in [-0.05, 0) is 65.4 Å². The first-order valence-electron chi connectivity index (χ1n) is 21.0. The lowest BCUT2D eigenvalue weighted by atomic mass is 9.97. The van der Waals surface area contributed by atoms with Crippen molar-refractivity contribution in [3.05, 3.63) is 143 Å². The van der Waals surface area contributed by atoms with Crippen molar-refractivity contribution in [3.8, 4) is 58.5 Å². The van der Waals surface area contributed by atoms with E-state index in [4.69, 9.17) is 18.9 Å². The maximum atomic E-state index is 6.46. The Morgan fingerprint density at radius 3 is 1.16 bits per heavy atom. The molecule has 0 amide bonds. The molecule has 294 valence electrons. The van der Waals surface area contributed by atoms with Gasteiger partial charge in [0.25, 0.3) is 0 Å². The maximum absolute atomic E-state index is 6.46. The molecule has 0 radical (unpaired) electrons. The normalized spacial score (nSPS) is 10.5. The van der Waals surface area contributed by atoms with E-state index in [0.29, 0.717) is 49.4 Å². The lowest BCUT2D eigenvalue weighted by Gasteiger charge is -2.14. The molecule has 0 saturated heterocycles. The third-order valence-electron chi connectivity index (χ3n) is 9.73. The van der Waals surface area contributed by atoms with Crippen molar-refractivity contribution in [2.45, 2.75) is 79.1 Å². The summed E-state index contributed by atoms with van der Waals surface area (Å²) in [7, 11) is 0. The highest BCUT2D eigenvalue weighted by Gasteiger charge is 2.14. The van der Waals surface area contributed by atoms with Crippen LogP contribution in [0.4, 0.5) is 0 Å². The van der Waals surface area contributed by atoms with Gasteiger partial charge in [0.15, 0.2) is 0 Å². The molecule has 6 aromatic carbocycles. The monoisotopic (exact) mass is 766 g/mol. The standard InChI is InChI=1S/C54H54O4/c1-5-9-32-55-51-39-46(52(56-33-10-6-2)37-44(51)27-26-41-20-14-13-15-21-41)30-31-47-40-53(57-34-11-7-3)45(38-54(47)58-35-12-8-4)29-28-43-36-42-22-16-17-23-48(42)50-25-19-18-24-49(43)50/h13-25,36-40H,5-12,32-35H2,1-4H3. The molecule has 0 aromatic heterocycles. The van der Waals surface area contributed by atoms with Crippen molar-refractivity contribution < 1.29 is 18.9 Å². The highest BCUT2D eigenvalue weighted by Crippen LogP contribution is 2.33. The summed E-state index contributed by atoms with van der Waals surface area (Å²) >= 11 is 0. The van der Waals surface area contributed by atoms with E-state index in [2.05, 4.69) is 118 Å². The predicted molar refractivity (Wildman–Crippen MR) is 240 cm³/mol. The molecule has 0 unspecified atom stereocenters. The van der Waals surface area contributed by atoms with Gasteiger partial charge in [0, 0.05) is 35.4 Å². The Hall–Kier alpha value is -6.28. The van der Waals surface area contributed by atoms with E-state index in [0.717, 1.165) is 95.5 Å². The average Bonchev–Trinajstić information content (AvgIpc) is 3.26. The Bertz CT molecular complexity index is 2480. The van der Waals surface area contributed by atoms with Crippen molar-refractivity contribution in [1.29, 1.82) is 0 Å². The quantitative estimate of drug-likeness (QED) is 0.0558. The van der Waals surface area contributed by atoms with Crippen LogP contribution < -0.4 is 18.9 Å². The number of fused-ring (bicyclic) bond motifs is 3. The molecule has 6 rings (SSSR count). The first-order valence-corrected chi connectivity index (χ1v) is 21.0. The number of rotatable bonds is 16. The summed E-state index contributed by atoms with van der Waals surface area (Å²) in [5.74, 6) is 23.3. The minimum atomic E-state index is 0.568. The summed E-state index contributed by atoms with van der Waals surface area (Å²) in [4.78, 5) is 0. The van der Waals surface area contributed by atoms with E-state index in [1.807, 2.05) is 54.6 Å². The Labute approximate surface area is 345 Å². The molecule has 0 aliphatic rings. The van der Waals surface area contributed by atoms with Crippen LogP contribution in [-0.4, -0.2) is 26.4 Å². The Kier molecular flexibility index (Phi) is 15.6. The largest absolute Gasteiger partial charge is 0.492 e. The second kappa shape index (κ2) is 21.9. The van der Waals surface area contributed by atoms with Crippen LogP contribution in [-0.2, 0) is 0 Å². The third kappa shape index (κ3) is 11.2. The highest BCUT2D eigenvalue weighted by molar-refractivity contribution is 6.09. The number of unbranched alkanes of at least 4 members (excludes halogenated alkanes) is 4. The number of benzene rings is 6. The zero-order chi connectivity index (χ0) is 40.4. The van der Waals surface area contributed by atoms with E-state index in [9.17, 15) is 0 Å². The molecule has 0 aliphatic heterocycles. The first kappa shape index (κ1) is 41.4. The van der Waals surface area contributed by atoms with Gasteiger partial charge in [-0.2, -0.15) is 0 Å². The summed E-state index contributed by atoms with van der Waals surface area (Å²) < 4.78 is 25.6. The minimum Gasteiger partial charge on any atom is -0.492 e. The van der Waals surface area contributed by atoms with Crippen LogP contribution in [0.2, 0.25) is 0 Å². The lowest BCUT2D eigenvalue weighted by molar-refractivity contribution is 0.299. The van der Waals surface area contributed by atoms with E-state index in [-0.39, 0.29) is 0 Å². The summed E-state index contributed by atoms with van der Waals surface area (Å²) in [6, 6.07) is 37.0. The molecule has 0 bridgehead atoms. The van der Waals surface area contributed by atoms with Crippen molar-refractivity contribution in [2.75, 3.05) is 26.4 Å². The van der Waals surface area contributed by atoms with Crippen LogP contribution in [0, 0.1) is 35.5 Å². The second-order valence-corrected chi connectivity index (χ2v) is 14.3. The van der Waals surface area contributed by atoms with Crippen LogP contribution in [0.1, 0.15) is 112 Å². The smallest absolute Gasteiger partial charge is 0.136 e. The summed E-state index contributed by atoms with van der Waals surface area (Å²) in [5, 5.41) is 4.69. The van der Waals surface area contributed by atoms with Gasteiger partial charge in [0.1, 0.15) is 23.0 Å². The van der Waals surface area contributed by atoms with Crippen LogP contribution in [0.15, 0.2) is 109 Å². The molecule has 0 N–H and O–H groups in total. The fourth-order valence-corrected chi connectivity index (χ4v) is 6.38. The van der Waals surface area contributed by atoms with Crippen LogP contribution in [0.25, 0.3) is 21.5 Å². The summed E-state index contributed by atoms with van der Waals surface area (Å²) in [5.41, 5.74) is 4.90. The molecule has 0 fully saturated rings. The van der Waals surface area contributed by atoms with Gasteiger partial charge in [-0.3, -0.25) is 0 Å². The van der Waals surface area contributed by atoms with Crippen LogP contribution in [0.5, 0.6) is 23.0 Å². The van der Waals surface area contributed by atoms with Gasteiger partial charge in [-0.15, -0.1) is 0 Å². The lowest BCUT2D eigenvalue weighted by Crippen LogP contribution is -2.04. The predicted octanol–water partition coefficient (Wildman–Crippen LogP) is 12.9. The van der Waals surface area contributed by atoms with Crippen molar-refractivity contribution in [1.82, 2.24) is 0 Å². The van der Waals surface area contributed by atoms with Crippen LogP contribution >= 0.6 is 0 Å². The van der Waals surface area contributed by atoms with Gasteiger partial charge in [0.05, 0.1) is 48.7 Å². The SMILES string of the molecule is CCCCOc1cc(C#Cc2cc(OCCCC)c(C#Cc3cc4ccccc4c4ccccc34)cc2OCCCC)c(OCCCC)cc1C#Cc1ccccc1. The van der Waals surface area contributed by atoms with Gasteiger partial charge in [0.2, 0.25) is 0 Å². The molecule has 0 heterocycles. The molecule has 58 heavy (non-hydrogen) atoms. The number of hydrogen-bond donors (Lipinski definition) is 0. The number of hydrogen-bond acceptors (Lipinski definition) is 4. The molecule has 0 aliphatic carbocycles. The molecular weight excluding hydrogens is 713 g/mol. The number of ether oxygens (including phenoxy) is 4. The minimum absolute atomic E-state index is 0.568. The molecule has 0 spiro atoms. The van der Waals surface area contributed by atoms with Gasteiger partial charge in [-0.1, -0.05) is 156 Å². The molecule has 0 saturated carbocycles. The van der Waals surface area contributed by atoms with Crippen LogP contribution in [0.3, 0.4) is 0 Å². The molecule has 4 heteroatoms. The van der Waals surface area contributed by atoms with Crippen molar-refractivity contribution >= 4 is 21.5 Å². The van der Waals surface area contributed by atoms with Gasteiger partial charge in [-0.25, -0.2) is 0 Å². The molecule has 4 nitrogen and oxygen atoms in total. The van der Waals surface area contributed by atoms with Crippen molar-refractivity contribution in [2.24, 2.45) is 0 Å². The summed E-state index contributed by atoms with van der Waals surface area (Å²) in [6.07, 6.45) is 7.79. The Morgan fingerprint density at radius 2 is 0.707 bits per heavy atom. The molecule has 6 aromatic rings. The second-order valence-electron chi connectivity index (χ2n) is 14.3. The van der Waals surface area contributed by atoms with E-state index < -0.39 is 0 Å². The molecule has 0 atom stereocenters. The van der Waals surface area contributed by atoms with Gasteiger partial charge >= 0.3 is 0 Å². The summed E-state index contributed by atoms with van der Waals surface area (Å²) in [6.45, 7) is 10.9. The zero-order valence-electron chi connectivity index (χ0n) is 34.5. The third-order valence-corrected chi connectivity index (χ3v) is 9.73.